The van der Waals surface area contributed by atoms with Gasteiger partial charge in [-0.3, -0.25) is 4.79 Å². The highest BCUT2D eigenvalue weighted by Crippen LogP contribution is 2.16. The number of aryl methyl sites for hydroxylation is 2. The van der Waals surface area contributed by atoms with Crippen LogP contribution in [0.15, 0.2) is 28.8 Å². The molecular weight excluding hydrogens is 298 g/mol. The monoisotopic (exact) mass is 313 g/mol. The molecule has 0 unspecified atom stereocenters. The molecule has 23 heavy (non-hydrogen) atoms. The summed E-state index contributed by atoms with van der Waals surface area (Å²) in [6.45, 7) is 4.64. The summed E-state index contributed by atoms with van der Waals surface area (Å²) in [5, 5.41) is 15.2. The summed E-state index contributed by atoms with van der Waals surface area (Å²) in [6, 6.07) is 8.53. The van der Waals surface area contributed by atoms with Crippen LogP contribution in [0.5, 0.6) is 0 Å². The maximum absolute atomic E-state index is 12.1. The van der Waals surface area contributed by atoms with Crippen molar-refractivity contribution in [1.29, 1.82) is 5.26 Å². The van der Waals surface area contributed by atoms with Crippen molar-refractivity contribution in [3.63, 3.8) is 0 Å². The Balaban J connectivity index is 2.06. The van der Waals surface area contributed by atoms with Crippen molar-refractivity contribution in [1.82, 2.24) is 5.16 Å². The number of anilines is 1. The first kappa shape index (κ1) is 16.2. The molecule has 118 valence electrons. The Kier molecular flexibility index (Phi) is 4.76. The van der Waals surface area contributed by atoms with Crippen molar-refractivity contribution >= 4 is 17.6 Å². The van der Waals surface area contributed by atoms with Gasteiger partial charge in [-0.25, -0.2) is 4.79 Å². The van der Waals surface area contributed by atoms with Crippen molar-refractivity contribution < 1.29 is 18.8 Å². The van der Waals surface area contributed by atoms with Crippen LogP contribution in [0, 0.1) is 25.2 Å². The molecule has 0 bridgehead atoms. The average Bonchev–Trinajstić information content (AvgIpc) is 2.86. The molecular formula is C16H15N3O4. The first-order valence-corrected chi connectivity index (χ1v) is 6.88. The van der Waals surface area contributed by atoms with Crippen molar-refractivity contribution in [2.75, 3.05) is 5.32 Å². The molecule has 2 rings (SSSR count). The van der Waals surface area contributed by atoms with Crippen molar-refractivity contribution in [2.24, 2.45) is 0 Å². The summed E-state index contributed by atoms with van der Waals surface area (Å²) in [7, 11) is 0. The lowest BCUT2D eigenvalue weighted by molar-refractivity contribution is -0.123. The number of nitrogens with zero attached hydrogens (tertiary/aromatic N) is 2. The Morgan fingerprint density at radius 3 is 2.65 bits per heavy atom. The number of nitrogens with one attached hydrogen (secondary N) is 1. The highest BCUT2D eigenvalue weighted by Gasteiger charge is 2.24. The summed E-state index contributed by atoms with van der Waals surface area (Å²) < 4.78 is 10.0. The molecule has 0 spiro atoms. The molecule has 0 aliphatic carbocycles. The van der Waals surface area contributed by atoms with Gasteiger partial charge < -0.3 is 14.6 Å². The quantitative estimate of drug-likeness (QED) is 0.869. The lowest BCUT2D eigenvalue weighted by Crippen LogP contribution is -2.30. The summed E-state index contributed by atoms with van der Waals surface area (Å²) in [4.78, 5) is 24.2. The number of hydrogen-bond acceptors (Lipinski definition) is 6. The second-order valence-corrected chi connectivity index (χ2v) is 4.89. The number of nitriles is 1. The van der Waals surface area contributed by atoms with Crippen LogP contribution in [0.25, 0.3) is 0 Å². The second kappa shape index (κ2) is 6.75. The van der Waals surface area contributed by atoms with Crippen LogP contribution in [0.1, 0.15) is 34.3 Å². The minimum absolute atomic E-state index is 0.210. The molecule has 7 heteroatoms. The molecule has 1 N–H and O–H groups in total. The van der Waals surface area contributed by atoms with Gasteiger partial charge in [0, 0.05) is 0 Å². The summed E-state index contributed by atoms with van der Waals surface area (Å²) in [5.74, 6) is -0.889. The predicted molar refractivity (Wildman–Crippen MR) is 80.6 cm³/mol. The third-order valence-corrected chi connectivity index (χ3v) is 3.20. The molecule has 0 aliphatic rings. The first-order chi connectivity index (χ1) is 10.9. The molecule has 1 atom stereocenters. The number of ether oxygens (including phenoxy) is 1. The minimum Gasteiger partial charge on any atom is -0.449 e. The first-order valence-electron chi connectivity index (χ1n) is 6.88. The third-order valence-electron chi connectivity index (χ3n) is 3.20. The topological polar surface area (TPSA) is 105 Å². The van der Waals surface area contributed by atoms with Gasteiger partial charge in [-0.05, 0) is 32.9 Å². The maximum atomic E-state index is 12.1. The van der Waals surface area contributed by atoms with Crippen LogP contribution >= 0.6 is 0 Å². The van der Waals surface area contributed by atoms with Crippen molar-refractivity contribution in [2.45, 2.75) is 26.9 Å². The zero-order chi connectivity index (χ0) is 17.0. The van der Waals surface area contributed by atoms with Gasteiger partial charge in [0.25, 0.3) is 5.91 Å². The van der Waals surface area contributed by atoms with Gasteiger partial charge in [0.2, 0.25) is 0 Å². The second-order valence-electron chi connectivity index (χ2n) is 4.89. The van der Waals surface area contributed by atoms with E-state index in [1.54, 1.807) is 38.1 Å². The van der Waals surface area contributed by atoms with E-state index >= 15 is 0 Å². The van der Waals surface area contributed by atoms with E-state index in [2.05, 4.69) is 10.5 Å². The Bertz CT molecular complexity index is 769. The van der Waals surface area contributed by atoms with E-state index in [4.69, 9.17) is 14.5 Å². The molecule has 1 amide bonds. The third kappa shape index (κ3) is 3.55. The van der Waals surface area contributed by atoms with Gasteiger partial charge in [0.1, 0.15) is 17.4 Å². The molecule has 2 aromatic rings. The molecule has 0 saturated carbocycles. The predicted octanol–water partition coefficient (Wildman–Crippen LogP) is 2.35. The summed E-state index contributed by atoms with van der Waals surface area (Å²) in [5.41, 5.74) is 1.29. The van der Waals surface area contributed by atoms with Crippen molar-refractivity contribution in [3.8, 4) is 6.07 Å². The maximum Gasteiger partial charge on any atom is 0.344 e. The van der Waals surface area contributed by atoms with Gasteiger partial charge in [-0.2, -0.15) is 5.26 Å². The minimum atomic E-state index is -1.04. The molecule has 1 aromatic heterocycles. The largest absolute Gasteiger partial charge is 0.449 e. The summed E-state index contributed by atoms with van der Waals surface area (Å²) >= 11 is 0. The number of carbonyl (C=O) groups excluding carboxylic acids is 2. The molecule has 1 heterocycles. The molecule has 7 nitrogen and oxygen atoms in total. The van der Waals surface area contributed by atoms with Crippen LogP contribution in [0.3, 0.4) is 0 Å². The average molecular weight is 313 g/mol. The fourth-order valence-corrected chi connectivity index (χ4v) is 1.97. The van der Waals surface area contributed by atoms with Crippen LogP contribution < -0.4 is 5.32 Å². The number of amides is 1. The van der Waals surface area contributed by atoms with E-state index in [-0.39, 0.29) is 5.56 Å². The standard InChI is InChI=1S/C16H15N3O4/c1-9-14(10(2)23-19-9)16(21)22-11(3)15(20)18-13-7-5-4-6-12(13)8-17/h4-7,11H,1-3H3,(H,18,20)/t11-/m1/s1. The molecule has 1 aromatic carbocycles. The number of para-hydroxylation sites is 1. The number of aromatic nitrogens is 1. The Morgan fingerprint density at radius 1 is 1.35 bits per heavy atom. The summed E-state index contributed by atoms with van der Waals surface area (Å²) in [6.07, 6.45) is -1.04. The molecule has 0 radical (unpaired) electrons. The Morgan fingerprint density at radius 2 is 2.04 bits per heavy atom. The van der Waals surface area contributed by atoms with Crippen LogP contribution in [0.4, 0.5) is 5.69 Å². The number of carbonyl (C=O) groups is 2. The smallest absolute Gasteiger partial charge is 0.344 e. The van der Waals surface area contributed by atoms with Crippen LogP contribution in [-0.4, -0.2) is 23.1 Å². The lowest BCUT2D eigenvalue weighted by atomic mass is 10.2. The Hall–Kier alpha value is -3.14. The highest BCUT2D eigenvalue weighted by molar-refractivity contribution is 5.98. The highest BCUT2D eigenvalue weighted by atomic mass is 16.5. The van der Waals surface area contributed by atoms with E-state index in [1.807, 2.05) is 6.07 Å². The van der Waals surface area contributed by atoms with Gasteiger partial charge in [0.05, 0.1) is 16.9 Å². The van der Waals surface area contributed by atoms with Gasteiger partial charge in [-0.1, -0.05) is 17.3 Å². The molecule has 0 saturated heterocycles. The number of esters is 1. The van der Waals surface area contributed by atoms with E-state index in [0.717, 1.165) is 0 Å². The zero-order valence-electron chi connectivity index (χ0n) is 12.9. The Labute approximate surface area is 132 Å². The van der Waals surface area contributed by atoms with Gasteiger partial charge in [-0.15, -0.1) is 0 Å². The van der Waals surface area contributed by atoms with Crippen LogP contribution in [0.2, 0.25) is 0 Å². The van der Waals surface area contributed by atoms with Gasteiger partial charge >= 0.3 is 5.97 Å². The number of rotatable bonds is 4. The van der Waals surface area contributed by atoms with Gasteiger partial charge in [0.15, 0.2) is 6.10 Å². The molecule has 0 aliphatic heterocycles. The normalized spacial score (nSPS) is 11.4. The SMILES string of the molecule is Cc1noc(C)c1C(=O)O[C@H](C)C(=O)Nc1ccccc1C#N. The van der Waals surface area contributed by atoms with Crippen molar-refractivity contribution in [3.05, 3.63) is 46.8 Å². The number of hydrogen-bond donors (Lipinski definition) is 1. The molecule has 0 fully saturated rings. The fraction of sp³-hybridized carbons (Fsp3) is 0.250. The number of benzene rings is 1. The van der Waals surface area contributed by atoms with E-state index < -0.39 is 18.0 Å². The fourth-order valence-electron chi connectivity index (χ4n) is 1.97. The van der Waals surface area contributed by atoms with E-state index in [1.165, 1.54) is 6.92 Å². The lowest BCUT2D eigenvalue weighted by Gasteiger charge is -2.14. The van der Waals surface area contributed by atoms with E-state index in [9.17, 15) is 9.59 Å². The van der Waals surface area contributed by atoms with E-state index in [0.29, 0.717) is 22.7 Å². The van der Waals surface area contributed by atoms with Crippen LogP contribution in [-0.2, 0) is 9.53 Å². The zero-order valence-corrected chi connectivity index (χ0v) is 12.9.